The van der Waals surface area contributed by atoms with Gasteiger partial charge in [-0.25, -0.2) is 0 Å². The summed E-state index contributed by atoms with van der Waals surface area (Å²) in [6.07, 6.45) is 0.242. The van der Waals surface area contributed by atoms with E-state index in [9.17, 15) is 9.59 Å². The molecule has 0 aromatic heterocycles. The Morgan fingerprint density at radius 1 is 1.06 bits per heavy atom. The van der Waals surface area contributed by atoms with E-state index in [1.165, 1.54) is 7.11 Å². The van der Waals surface area contributed by atoms with Gasteiger partial charge in [0.15, 0.2) is 0 Å². The van der Waals surface area contributed by atoms with Crippen LogP contribution in [0.15, 0.2) is 0 Å². The molecule has 0 fully saturated rings. The molecule has 0 unspecified atom stereocenters. The lowest BCUT2D eigenvalue weighted by Crippen LogP contribution is -2.43. The molecule has 5 nitrogen and oxygen atoms in total. The Kier molecular flexibility index (Phi) is 6.91. The SMILES string of the molecule is COC(=O)CCN(CCN(C)C)C(=O)C(C)(C)C. The van der Waals surface area contributed by atoms with E-state index in [2.05, 4.69) is 4.74 Å². The molecule has 106 valence electrons. The van der Waals surface area contributed by atoms with Gasteiger partial charge in [0.1, 0.15) is 0 Å². The third-order valence-electron chi connectivity index (χ3n) is 2.56. The maximum absolute atomic E-state index is 12.2. The zero-order valence-electron chi connectivity index (χ0n) is 12.4. The molecule has 0 aliphatic rings. The number of ether oxygens (including phenoxy) is 1. The summed E-state index contributed by atoms with van der Waals surface area (Å²) in [6.45, 7) is 7.47. The van der Waals surface area contributed by atoms with E-state index in [1.54, 1.807) is 4.90 Å². The van der Waals surface area contributed by atoms with Gasteiger partial charge in [-0.05, 0) is 14.1 Å². The van der Waals surface area contributed by atoms with Gasteiger partial charge >= 0.3 is 5.97 Å². The number of rotatable bonds is 6. The molecule has 0 radical (unpaired) electrons. The standard InChI is InChI=1S/C13H26N2O3/c1-13(2,3)12(17)15(10-9-14(4)5)8-7-11(16)18-6/h7-10H2,1-6H3. The van der Waals surface area contributed by atoms with Crippen LogP contribution in [0.5, 0.6) is 0 Å². The summed E-state index contributed by atoms with van der Waals surface area (Å²) < 4.78 is 4.60. The summed E-state index contributed by atoms with van der Waals surface area (Å²) in [5, 5.41) is 0. The molecule has 0 rings (SSSR count). The smallest absolute Gasteiger partial charge is 0.307 e. The summed E-state index contributed by atoms with van der Waals surface area (Å²) in [4.78, 5) is 27.1. The van der Waals surface area contributed by atoms with Crippen LogP contribution in [-0.2, 0) is 14.3 Å². The van der Waals surface area contributed by atoms with Crippen LogP contribution in [0.25, 0.3) is 0 Å². The van der Waals surface area contributed by atoms with E-state index in [4.69, 9.17) is 0 Å². The van der Waals surface area contributed by atoms with E-state index < -0.39 is 5.41 Å². The Morgan fingerprint density at radius 3 is 2.00 bits per heavy atom. The molecule has 18 heavy (non-hydrogen) atoms. The molecule has 0 saturated heterocycles. The van der Waals surface area contributed by atoms with Gasteiger partial charge in [0.25, 0.3) is 0 Å². The second kappa shape index (κ2) is 7.36. The van der Waals surface area contributed by atoms with Crippen molar-refractivity contribution in [3.8, 4) is 0 Å². The van der Waals surface area contributed by atoms with Crippen molar-refractivity contribution in [3.05, 3.63) is 0 Å². The molecule has 0 saturated carbocycles. The topological polar surface area (TPSA) is 49.9 Å². The van der Waals surface area contributed by atoms with Crippen LogP contribution in [0, 0.1) is 5.41 Å². The predicted molar refractivity (Wildman–Crippen MR) is 71.2 cm³/mol. The largest absolute Gasteiger partial charge is 0.469 e. The van der Waals surface area contributed by atoms with Gasteiger partial charge < -0.3 is 14.5 Å². The lowest BCUT2D eigenvalue weighted by Gasteiger charge is -2.30. The first-order valence-corrected chi connectivity index (χ1v) is 6.19. The average Bonchev–Trinajstić information content (AvgIpc) is 2.26. The van der Waals surface area contributed by atoms with Gasteiger partial charge in [-0.15, -0.1) is 0 Å². The van der Waals surface area contributed by atoms with Crippen LogP contribution < -0.4 is 0 Å². The van der Waals surface area contributed by atoms with Crippen molar-refractivity contribution >= 4 is 11.9 Å². The highest BCUT2D eigenvalue weighted by Crippen LogP contribution is 2.17. The highest BCUT2D eigenvalue weighted by atomic mass is 16.5. The molecule has 0 spiro atoms. The molecule has 0 heterocycles. The summed E-state index contributed by atoms with van der Waals surface area (Å²) in [7, 11) is 5.28. The van der Waals surface area contributed by atoms with E-state index in [0.717, 1.165) is 6.54 Å². The molecule has 0 aliphatic carbocycles. The molecule has 0 atom stereocenters. The van der Waals surface area contributed by atoms with Crippen molar-refractivity contribution in [1.29, 1.82) is 0 Å². The number of carbonyl (C=O) groups is 2. The lowest BCUT2D eigenvalue weighted by atomic mass is 9.94. The maximum Gasteiger partial charge on any atom is 0.307 e. The number of nitrogens with zero attached hydrogens (tertiary/aromatic N) is 2. The van der Waals surface area contributed by atoms with Gasteiger partial charge in [0.05, 0.1) is 13.5 Å². The number of likely N-dealkylation sites (N-methyl/N-ethyl adjacent to an activating group) is 1. The second-order valence-electron chi connectivity index (χ2n) is 5.67. The van der Waals surface area contributed by atoms with Gasteiger partial charge in [-0.1, -0.05) is 20.8 Å². The van der Waals surface area contributed by atoms with Crippen molar-refractivity contribution in [1.82, 2.24) is 9.80 Å². The quantitative estimate of drug-likeness (QED) is 0.667. The second-order valence-corrected chi connectivity index (χ2v) is 5.67. The molecule has 0 bridgehead atoms. The average molecular weight is 258 g/mol. The summed E-state index contributed by atoms with van der Waals surface area (Å²) in [5.41, 5.74) is -0.428. The number of hydrogen-bond acceptors (Lipinski definition) is 4. The van der Waals surface area contributed by atoms with Crippen LogP contribution in [0.2, 0.25) is 0 Å². The van der Waals surface area contributed by atoms with Crippen LogP contribution in [0.3, 0.4) is 0 Å². The van der Waals surface area contributed by atoms with Crippen molar-refractivity contribution < 1.29 is 14.3 Å². The summed E-state index contributed by atoms with van der Waals surface area (Å²) >= 11 is 0. The fourth-order valence-corrected chi connectivity index (χ4v) is 1.44. The van der Waals surface area contributed by atoms with Crippen LogP contribution in [-0.4, -0.2) is 62.5 Å². The number of methoxy groups -OCH3 is 1. The van der Waals surface area contributed by atoms with Gasteiger partial charge in [-0.2, -0.15) is 0 Å². The van der Waals surface area contributed by atoms with E-state index in [-0.39, 0.29) is 18.3 Å². The van der Waals surface area contributed by atoms with Crippen LogP contribution in [0.4, 0.5) is 0 Å². The van der Waals surface area contributed by atoms with E-state index in [0.29, 0.717) is 13.1 Å². The van der Waals surface area contributed by atoms with E-state index >= 15 is 0 Å². The van der Waals surface area contributed by atoms with Gasteiger partial charge in [-0.3, -0.25) is 9.59 Å². The van der Waals surface area contributed by atoms with Gasteiger partial charge in [0, 0.05) is 25.0 Å². The number of amides is 1. The first-order chi connectivity index (χ1) is 8.18. The summed E-state index contributed by atoms with van der Waals surface area (Å²) in [6, 6.07) is 0. The number of hydrogen-bond donors (Lipinski definition) is 0. The molecule has 1 amide bonds. The predicted octanol–water partition coefficient (Wildman–Crippen LogP) is 0.986. The van der Waals surface area contributed by atoms with Crippen molar-refractivity contribution in [3.63, 3.8) is 0 Å². The first kappa shape index (κ1) is 16.9. The van der Waals surface area contributed by atoms with Crippen LogP contribution in [0.1, 0.15) is 27.2 Å². The zero-order chi connectivity index (χ0) is 14.3. The third kappa shape index (κ3) is 6.59. The maximum atomic E-state index is 12.2. The fraction of sp³-hybridized carbons (Fsp3) is 0.846. The van der Waals surface area contributed by atoms with E-state index in [1.807, 2.05) is 39.8 Å². The number of esters is 1. The minimum atomic E-state index is -0.428. The molecule has 0 aliphatic heterocycles. The highest BCUT2D eigenvalue weighted by molar-refractivity contribution is 5.82. The Balaban J connectivity index is 4.52. The third-order valence-corrected chi connectivity index (χ3v) is 2.56. The fourth-order valence-electron chi connectivity index (χ4n) is 1.44. The van der Waals surface area contributed by atoms with Crippen molar-refractivity contribution in [2.24, 2.45) is 5.41 Å². The molecule has 0 aromatic rings. The molecule has 0 aromatic carbocycles. The minimum absolute atomic E-state index is 0.0632. The zero-order valence-corrected chi connectivity index (χ0v) is 12.4. The first-order valence-electron chi connectivity index (χ1n) is 6.19. The normalized spacial score (nSPS) is 11.5. The summed E-state index contributed by atoms with van der Waals surface area (Å²) in [5.74, 6) is -0.222. The molecular weight excluding hydrogens is 232 g/mol. The Labute approximate surface area is 110 Å². The molecule has 5 heteroatoms. The monoisotopic (exact) mass is 258 g/mol. The van der Waals surface area contributed by atoms with Crippen molar-refractivity contribution in [2.45, 2.75) is 27.2 Å². The Bertz CT molecular complexity index is 282. The van der Waals surface area contributed by atoms with Crippen molar-refractivity contribution in [2.75, 3.05) is 40.8 Å². The molecular formula is C13H26N2O3. The lowest BCUT2D eigenvalue weighted by molar-refractivity contribution is -0.143. The minimum Gasteiger partial charge on any atom is -0.469 e. The van der Waals surface area contributed by atoms with Crippen LogP contribution >= 0.6 is 0 Å². The molecule has 0 N–H and O–H groups in total. The Hall–Kier alpha value is -1.10. The highest BCUT2D eigenvalue weighted by Gasteiger charge is 2.27. The number of carbonyl (C=O) groups excluding carboxylic acids is 2. The van der Waals surface area contributed by atoms with Gasteiger partial charge in [0.2, 0.25) is 5.91 Å². The Morgan fingerprint density at radius 2 is 1.61 bits per heavy atom.